The first kappa shape index (κ1) is 23.3. The van der Waals surface area contributed by atoms with Gasteiger partial charge in [0.25, 0.3) is 5.69 Å². The van der Waals surface area contributed by atoms with Gasteiger partial charge in [0.15, 0.2) is 0 Å². The van der Waals surface area contributed by atoms with Crippen LogP contribution in [0.1, 0.15) is 16.8 Å². The third-order valence-electron chi connectivity index (χ3n) is 5.03. The van der Waals surface area contributed by atoms with Crippen LogP contribution in [0.25, 0.3) is 0 Å². The minimum absolute atomic E-state index is 0.0318. The molecule has 0 saturated carbocycles. The van der Waals surface area contributed by atoms with Gasteiger partial charge in [0.1, 0.15) is 18.0 Å². The average Bonchev–Trinajstić information content (AvgIpc) is 2.82. The molecule has 0 spiro atoms. The number of rotatable bonds is 5. The van der Waals surface area contributed by atoms with Crippen molar-refractivity contribution < 1.29 is 14.1 Å². The number of nitrogens with zero attached hydrogens (tertiary/aromatic N) is 5. The Labute approximate surface area is 202 Å². The van der Waals surface area contributed by atoms with E-state index in [2.05, 4.69) is 25.8 Å². The predicted octanol–water partition coefficient (Wildman–Crippen LogP) is 4.68. The lowest BCUT2D eigenvalue weighted by atomic mass is 10.1. The standard InChI is InChI=1S/C21H16Cl2FN7O3/c22-16-3-2-14(31(33)34)7-12(16)9-27-29-21(32)30-6-5-19-15(10-30)20(26-11-25-19)28-13-1-4-18(24)17(23)8-13/h1-4,7-9,11H,5-6,10H2,(H,29,32)(H,25,26,28)/b27-9+. The highest BCUT2D eigenvalue weighted by atomic mass is 35.5. The smallest absolute Gasteiger partial charge is 0.338 e. The largest absolute Gasteiger partial charge is 0.340 e. The first-order valence-electron chi connectivity index (χ1n) is 9.88. The van der Waals surface area contributed by atoms with E-state index < -0.39 is 16.8 Å². The van der Waals surface area contributed by atoms with Crippen molar-refractivity contribution in [3.63, 3.8) is 0 Å². The van der Waals surface area contributed by atoms with E-state index in [4.69, 9.17) is 23.2 Å². The number of hydrazone groups is 1. The van der Waals surface area contributed by atoms with Gasteiger partial charge in [-0.2, -0.15) is 5.10 Å². The molecule has 0 atom stereocenters. The van der Waals surface area contributed by atoms with Crippen LogP contribution in [0.2, 0.25) is 10.0 Å². The Kier molecular flexibility index (Phi) is 6.85. The lowest BCUT2D eigenvalue weighted by Gasteiger charge is -2.28. The Balaban J connectivity index is 1.46. The van der Waals surface area contributed by atoms with E-state index >= 15 is 0 Å². The van der Waals surface area contributed by atoms with E-state index in [-0.39, 0.29) is 27.8 Å². The zero-order chi connectivity index (χ0) is 24.2. The predicted molar refractivity (Wildman–Crippen MR) is 125 cm³/mol. The maximum atomic E-state index is 13.5. The number of nitro benzene ring substituents is 1. The normalized spacial score (nSPS) is 13.0. The second kappa shape index (κ2) is 9.98. The Morgan fingerprint density at radius 2 is 2.03 bits per heavy atom. The molecule has 0 fully saturated rings. The van der Waals surface area contributed by atoms with Crippen molar-refractivity contribution in [1.82, 2.24) is 20.3 Å². The molecule has 1 aliphatic rings. The number of fused-ring (bicyclic) bond motifs is 1. The third-order valence-corrected chi connectivity index (χ3v) is 5.66. The zero-order valence-corrected chi connectivity index (χ0v) is 18.8. The fourth-order valence-electron chi connectivity index (χ4n) is 3.30. The van der Waals surface area contributed by atoms with Crippen LogP contribution >= 0.6 is 23.2 Å². The summed E-state index contributed by atoms with van der Waals surface area (Å²) in [5.41, 5.74) is 4.56. The average molecular weight is 504 g/mol. The maximum absolute atomic E-state index is 13.5. The molecule has 1 aromatic heterocycles. The number of benzene rings is 2. The van der Waals surface area contributed by atoms with Crippen molar-refractivity contribution in [2.75, 3.05) is 11.9 Å². The quantitative estimate of drug-likeness (QED) is 0.295. The summed E-state index contributed by atoms with van der Waals surface area (Å²) in [5, 5.41) is 18.1. The lowest BCUT2D eigenvalue weighted by molar-refractivity contribution is -0.384. The van der Waals surface area contributed by atoms with E-state index in [0.29, 0.717) is 30.0 Å². The van der Waals surface area contributed by atoms with E-state index in [1.807, 2.05) is 0 Å². The van der Waals surface area contributed by atoms with Gasteiger partial charge >= 0.3 is 6.03 Å². The summed E-state index contributed by atoms with van der Waals surface area (Å²) < 4.78 is 13.5. The number of halogens is 3. The molecule has 174 valence electrons. The molecule has 0 radical (unpaired) electrons. The van der Waals surface area contributed by atoms with Crippen LogP contribution in [-0.2, 0) is 13.0 Å². The Hall–Kier alpha value is -3.83. The summed E-state index contributed by atoms with van der Waals surface area (Å²) in [5.74, 6) is -0.0659. The van der Waals surface area contributed by atoms with Crippen LogP contribution in [0.3, 0.4) is 0 Å². The number of carbonyl (C=O) groups is 1. The van der Waals surface area contributed by atoms with Crippen molar-refractivity contribution in [1.29, 1.82) is 0 Å². The minimum atomic E-state index is -0.551. The minimum Gasteiger partial charge on any atom is -0.340 e. The fourth-order valence-corrected chi connectivity index (χ4v) is 3.65. The number of urea groups is 1. The van der Waals surface area contributed by atoms with E-state index in [1.165, 1.54) is 53.8 Å². The van der Waals surface area contributed by atoms with Gasteiger partial charge < -0.3 is 10.2 Å². The highest BCUT2D eigenvalue weighted by molar-refractivity contribution is 6.33. The molecular weight excluding hydrogens is 488 g/mol. The molecule has 2 aromatic carbocycles. The van der Waals surface area contributed by atoms with Gasteiger partial charge in [-0.1, -0.05) is 23.2 Å². The number of non-ortho nitro benzene ring substituents is 1. The molecule has 3 aromatic rings. The second-order valence-corrected chi connectivity index (χ2v) is 8.03. The van der Waals surface area contributed by atoms with Gasteiger partial charge in [-0.25, -0.2) is 24.6 Å². The van der Waals surface area contributed by atoms with Crippen molar-refractivity contribution in [2.45, 2.75) is 13.0 Å². The Bertz CT molecular complexity index is 1310. The van der Waals surface area contributed by atoms with Gasteiger partial charge in [-0.3, -0.25) is 10.1 Å². The van der Waals surface area contributed by atoms with E-state index in [9.17, 15) is 19.3 Å². The number of hydrogen-bond acceptors (Lipinski definition) is 7. The molecule has 4 rings (SSSR count). The number of anilines is 2. The van der Waals surface area contributed by atoms with Crippen LogP contribution in [0, 0.1) is 15.9 Å². The molecule has 2 N–H and O–H groups in total. The molecule has 0 bridgehead atoms. The summed E-state index contributed by atoms with van der Waals surface area (Å²) in [6.45, 7) is 0.594. The maximum Gasteiger partial charge on any atom is 0.338 e. The number of nitro groups is 1. The highest BCUT2D eigenvalue weighted by Crippen LogP contribution is 2.27. The highest BCUT2D eigenvalue weighted by Gasteiger charge is 2.24. The topological polar surface area (TPSA) is 126 Å². The number of carbonyl (C=O) groups excluding carboxylic acids is 1. The Morgan fingerprint density at radius 1 is 1.21 bits per heavy atom. The molecule has 34 heavy (non-hydrogen) atoms. The number of nitrogens with one attached hydrogen (secondary N) is 2. The van der Waals surface area contributed by atoms with E-state index in [0.717, 1.165) is 5.69 Å². The summed E-state index contributed by atoms with van der Waals surface area (Å²) >= 11 is 11.9. The van der Waals surface area contributed by atoms with Gasteiger partial charge in [0.05, 0.1) is 28.4 Å². The SMILES string of the molecule is O=C(N/N=C/c1cc([N+](=O)[O-])ccc1Cl)N1CCc2ncnc(Nc3ccc(F)c(Cl)c3)c2C1. The molecule has 0 aliphatic carbocycles. The summed E-state index contributed by atoms with van der Waals surface area (Å²) in [6, 6.07) is 7.63. The number of amides is 2. The summed E-state index contributed by atoms with van der Waals surface area (Å²) in [4.78, 5) is 33.1. The van der Waals surface area contributed by atoms with Crippen molar-refractivity contribution in [3.05, 3.63) is 85.5 Å². The molecule has 0 saturated heterocycles. The monoisotopic (exact) mass is 503 g/mol. The van der Waals surface area contributed by atoms with Gasteiger partial charge in [0, 0.05) is 46.9 Å². The van der Waals surface area contributed by atoms with Gasteiger partial charge in [-0.15, -0.1) is 0 Å². The summed E-state index contributed by atoms with van der Waals surface area (Å²) in [7, 11) is 0. The molecule has 0 unspecified atom stereocenters. The molecule has 2 amide bonds. The van der Waals surface area contributed by atoms with Gasteiger partial charge in [0.2, 0.25) is 0 Å². The van der Waals surface area contributed by atoms with Crippen molar-refractivity contribution in [2.24, 2.45) is 5.10 Å². The number of aromatic nitrogens is 2. The van der Waals surface area contributed by atoms with E-state index in [1.54, 1.807) is 0 Å². The van der Waals surface area contributed by atoms with Crippen molar-refractivity contribution >= 4 is 52.6 Å². The summed E-state index contributed by atoms with van der Waals surface area (Å²) in [6.07, 6.45) is 3.14. The van der Waals surface area contributed by atoms with Crippen LogP contribution in [0.15, 0.2) is 47.8 Å². The first-order chi connectivity index (χ1) is 16.3. The van der Waals surface area contributed by atoms with Crippen LogP contribution in [0.5, 0.6) is 0 Å². The van der Waals surface area contributed by atoms with Gasteiger partial charge in [-0.05, 0) is 24.3 Å². The second-order valence-electron chi connectivity index (χ2n) is 7.21. The van der Waals surface area contributed by atoms with Crippen LogP contribution in [-0.4, -0.2) is 38.6 Å². The lowest BCUT2D eigenvalue weighted by Crippen LogP contribution is -2.41. The third kappa shape index (κ3) is 5.21. The molecule has 10 nitrogen and oxygen atoms in total. The molecule has 1 aliphatic heterocycles. The molecule has 2 heterocycles. The molecule has 13 heteroatoms. The first-order valence-corrected chi connectivity index (χ1v) is 10.6. The van der Waals surface area contributed by atoms with Crippen LogP contribution < -0.4 is 10.7 Å². The van der Waals surface area contributed by atoms with Crippen LogP contribution in [0.4, 0.5) is 26.4 Å². The Morgan fingerprint density at radius 3 is 2.79 bits per heavy atom. The molecular formula is C21H16Cl2FN7O3. The van der Waals surface area contributed by atoms with Crippen molar-refractivity contribution in [3.8, 4) is 0 Å². The number of hydrogen-bond donors (Lipinski definition) is 2. The zero-order valence-electron chi connectivity index (χ0n) is 17.3. The fraction of sp³-hybridized carbons (Fsp3) is 0.143.